The molecule has 17 heavy (non-hydrogen) atoms. The van der Waals surface area contributed by atoms with Gasteiger partial charge in [-0.05, 0) is 20.3 Å². The number of carbonyl (C=O) groups is 1. The Morgan fingerprint density at radius 3 is 2.41 bits per heavy atom. The summed E-state index contributed by atoms with van der Waals surface area (Å²) in [5, 5.41) is 2.12. The molecule has 0 aromatic heterocycles. The highest BCUT2D eigenvalue weighted by atomic mass is 32.2. The average Bonchev–Trinajstić information content (AvgIpc) is 2.27. The van der Waals surface area contributed by atoms with Gasteiger partial charge in [0, 0.05) is 25.6 Å². The SMILES string of the molecule is CCC(C)NC(=O)CCNS(=O)(=O)C(C)CN. The molecule has 0 aromatic rings. The Kier molecular flexibility index (Phi) is 7.33. The van der Waals surface area contributed by atoms with Gasteiger partial charge < -0.3 is 11.1 Å². The van der Waals surface area contributed by atoms with Crippen molar-refractivity contribution < 1.29 is 13.2 Å². The van der Waals surface area contributed by atoms with Crippen molar-refractivity contribution in [2.45, 2.75) is 44.9 Å². The number of nitrogens with one attached hydrogen (secondary N) is 2. The minimum atomic E-state index is -3.40. The molecule has 0 bridgehead atoms. The highest BCUT2D eigenvalue weighted by Crippen LogP contribution is 1.96. The molecule has 0 saturated carbocycles. The number of rotatable bonds is 8. The molecule has 7 heteroatoms. The maximum atomic E-state index is 11.5. The lowest BCUT2D eigenvalue weighted by Crippen LogP contribution is -2.39. The minimum Gasteiger partial charge on any atom is -0.354 e. The molecular formula is C10H23N3O3S. The molecule has 0 aromatic carbocycles. The predicted octanol–water partition coefficient (Wildman–Crippen LogP) is -0.442. The van der Waals surface area contributed by atoms with Crippen LogP contribution in [0.5, 0.6) is 0 Å². The summed E-state index contributed by atoms with van der Waals surface area (Å²) in [4.78, 5) is 11.4. The molecule has 0 rings (SSSR count). The summed E-state index contributed by atoms with van der Waals surface area (Å²) in [5.41, 5.74) is 5.28. The largest absolute Gasteiger partial charge is 0.354 e. The van der Waals surface area contributed by atoms with Gasteiger partial charge in [-0.15, -0.1) is 0 Å². The fourth-order valence-electron chi connectivity index (χ4n) is 1.02. The first-order chi connectivity index (χ1) is 7.83. The van der Waals surface area contributed by atoms with Gasteiger partial charge in [0.25, 0.3) is 0 Å². The van der Waals surface area contributed by atoms with Crippen molar-refractivity contribution in [3.8, 4) is 0 Å². The van der Waals surface area contributed by atoms with Crippen LogP contribution in [0.4, 0.5) is 0 Å². The van der Waals surface area contributed by atoms with Gasteiger partial charge in [-0.25, -0.2) is 13.1 Å². The van der Waals surface area contributed by atoms with E-state index in [2.05, 4.69) is 10.0 Å². The Morgan fingerprint density at radius 2 is 1.94 bits per heavy atom. The molecule has 0 radical (unpaired) electrons. The lowest BCUT2D eigenvalue weighted by atomic mass is 10.2. The van der Waals surface area contributed by atoms with Crippen LogP contribution < -0.4 is 15.8 Å². The number of hydrogen-bond acceptors (Lipinski definition) is 4. The van der Waals surface area contributed by atoms with E-state index < -0.39 is 15.3 Å². The number of nitrogens with two attached hydrogens (primary N) is 1. The second-order valence-corrected chi connectivity index (χ2v) is 6.30. The number of amides is 1. The van der Waals surface area contributed by atoms with Crippen molar-refractivity contribution >= 4 is 15.9 Å². The maximum Gasteiger partial charge on any atom is 0.221 e. The van der Waals surface area contributed by atoms with Crippen molar-refractivity contribution in [3.05, 3.63) is 0 Å². The first-order valence-corrected chi connectivity index (χ1v) is 7.36. The molecule has 0 fully saturated rings. The van der Waals surface area contributed by atoms with Gasteiger partial charge in [0.05, 0.1) is 5.25 Å². The Morgan fingerprint density at radius 1 is 1.35 bits per heavy atom. The van der Waals surface area contributed by atoms with Crippen molar-refractivity contribution in [2.24, 2.45) is 5.73 Å². The standard InChI is InChI=1S/C10H23N3O3S/c1-4-8(2)13-10(14)5-6-12-17(15,16)9(3)7-11/h8-9,12H,4-7,11H2,1-3H3,(H,13,14). The third kappa shape index (κ3) is 6.60. The van der Waals surface area contributed by atoms with Crippen LogP contribution in [0.2, 0.25) is 0 Å². The summed E-state index contributed by atoms with van der Waals surface area (Å²) in [6, 6.07) is 0.113. The third-order valence-electron chi connectivity index (χ3n) is 2.54. The molecule has 0 aliphatic heterocycles. The summed E-state index contributed by atoms with van der Waals surface area (Å²) < 4.78 is 25.4. The molecule has 102 valence electrons. The normalized spacial score (nSPS) is 15.3. The summed E-state index contributed by atoms with van der Waals surface area (Å²) in [6.45, 7) is 5.57. The van der Waals surface area contributed by atoms with Crippen LogP contribution in [0.25, 0.3) is 0 Å². The van der Waals surface area contributed by atoms with Crippen molar-refractivity contribution in [2.75, 3.05) is 13.1 Å². The van der Waals surface area contributed by atoms with Gasteiger partial charge in [0.1, 0.15) is 0 Å². The molecule has 4 N–H and O–H groups in total. The van der Waals surface area contributed by atoms with E-state index in [0.29, 0.717) is 0 Å². The van der Waals surface area contributed by atoms with Gasteiger partial charge in [-0.2, -0.15) is 0 Å². The van der Waals surface area contributed by atoms with Gasteiger partial charge >= 0.3 is 0 Å². The topological polar surface area (TPSA) is 101 Å². The van der Waals surface area contributed by atoms with Crippen LogP contribution in [-0.2, 0) is 14.8 Å². The van der Waals surface area contributed by atoms with Gasteiger partial charge in [0.2, 0.25) is 15.9 Å². The molecule has 6 nitrogen and oxygen atoms in total. The summed E-state index contributed by atoms with van der Waals surface area (Å²) in [5.74, 6) is -0.151. The van der Waals surface area contributed by atoms with Crippen LogP contribution >= 0.6 is 0 Å². The monoisotopic (exact) mass is 265 g/mol. The van der Waals surface area contributed by atoms with Gasteiger partial charge in [-0.3, -0.25) is 4.79 Å². The van der Waals surface area contributed by atoms with E-state index in [-0.39, 0.29) is 31.5 Å². The van der Waals surface area contributed by atoms with Crippen LogP contribution in [0.3, 0.4) is 0 Å². The lowest BCUT2D eigenvalue weighted by molar-refractivity contribution is -0.121. The maximum absolute atomic E-state index is 11.5. The Labute approximate surface area is 103 Å². The molecular weight excluding hydrogens is 242 g/mol. The zero-order valence-electron chi connectivity index (χ0n) is 10.7. The Bertz CT molecular complexity index is 330. The summed E-state index contributed by atoms with van der Waals surface area (Å²) in [6.07, 6.45) is 0.989. The van der Waals surface area contributed by atoms with Crippen molar-refractivity contribution in [1.29, 1.82) is 0 Å². The number of carbonyl (C=O) groups excluding carboxylic acids is 1. The van der Waals surface area contributed by atoms with Crippen molar-refractivity contribution in [1.82, 2.24) is 10.0 Å². The van der Waals surface area contributed by atoms with E-state index in [1.165, 1.54) is 6.92 Å². The van der Waals surface area contributed by atoms with Crippen LogP contribution in [-0.4, -0.2) is 38.7 Å². The van der Waals surface area contributed by atoms with E-state index in [1.54, 1.807) is 0 Å². The molecule has 0 aliphatic rings. The number of sulfonamides is 1. The second kappa shape index (κ2) is 7.62. The quantitative estimate of drug-likeness (QED) is 0.553. The average molecular weight is 265 g/mol. The highest BCUT2D eigenvalue weighted by molar-refractivity contribution is 7.90. The van der Waals surface area contributed by atoms with Gasteiger partial charge in [-0.1, -0.05) is 6.92 Å². The fourth-order valence-corrected chi connectivity index (χ4v) is 1.95. The smallest absolute Gasteiger partial charge is 0.221 e. The first kappa shape index (κ1) is 16.3. The fraction of sp³-hybridized carbons (Fsp3) is 0.900. The van der Waals surface area contributed by atoms with E-state index in [0.717, 1.165) is 6.42 Å². The van der Waals surface area contributed by atoms with Crippen LogP contribution in [0, 0.1) is 0 Å². The van der Waals surface area contributed by atoms with Crippen LogP contribution in [0.15, 0.2) is 0 Å². The number of hydrogen-bond donors (Lipinski definition) is 3. The third-order valence-corrected chi connectivity index (χ3v) is 4.40. The van der Waals surface area contributed by atoms with Crippen LogP contribution in [0.1, 0.15) is 33.6 Å². The van der Waals surface area contributed by atoms with E-state index in [4.69, 9.17) is 5.73 Å². The zero-order valence-corrected chi connectivity index (χ0v) is 11.5. The Balaban J connectivity index is 3.96. The molecule has 0 spiro atoms. The predicted molar refractivity (Wildman–Crippen MR) is 68.0 cm³/mol. The highest BCUT2D eigenvalue weighted by Gasteiger charge is 2.18. The van der Waals surface area contributed by atoms with E-state index in [1.807, 2.05) is 13.8 Å². The van der Waals surface area contributed by atoms with Gasteiger partial charge in [0.15, 0.2) is 0 Å². The summed E-state index contributed by atoms with van der Waals surface area (Å²) in [7, 11) is -3.40. The Hall–Kier alpha value is -0.660. The zero-order chi connectivity index (χ0) is 13.5. The molecule has 0 heterocycles. The minimum absolute atomic E-state index is 0.0639. The first-order valence-electron chi connectivity index (χ1n) is 5.81. The molecule has 2 atom stereocenters. The molecule has 0 saturated heterocycles. The summed E-state index contributed by atoms with van der Waals surface area (Å²) >= 11 is 0. The van der Waals surface area contributed by atoms with Crippen molar-refractivity contribution in [3.63, 3.8) is 0 Å². The van der Waals surface area contributed by atoms with E-state index >= 15 is 0 Å². The van der Waals surface area contributed by atoms with E-state index in [9.17, 15) is 13.2 Å². The molecule has 1 amide bonds. The lowest BCUT2D eigenvalue weighted by Gasteiger charge is -2.13. The molecule has 2 unspecified atom stereocenters. The second-order valence-electron chi connectivity index (χ2n) is 4.11. The molecule has 0 aliphatic carbocycles.